The number of hydrogen-bond donors (Lipinski definition) is 0. The summed E-state index contributed by atoms with van der Waals surface area (Å²) in [6.45, 7) is 2.72. The van der Waals surface area contributed by atoms with E-state index in [1.807, 2.05) is 42.5 Å². The Morgan fingerprint density at radius 2 is 1.91 bits per heavy atom. The zero-order chi connectivity index (χ0) is 21.9. The summed E-state index contributed by atoms with van der Waals surface area (Å²) >= 11 is 5.07. The summed E-state index contributed by atoms with van der Waals surface area (Å²) in [6, 6.07) is 24.7. The van der Waals surface area contributed by atoms with Gasteiger partial charge in [-0.2, -0.15) is 5.26 Å². The number of nitriles is 1. The first kappa shape index (κ1) is 20.9. The summed E-state index contributed by atoms with van der Waals surface area (Å²) in [4.78, 5) is 8.31. The highest BCUT2D eigenvalue weighted by atomic mass is 79.9. The average molecular weight is 502 g/mol. The van der Waals surface area contributed by atoms with Crippen molar-refractivity contribution >= 4 is 38.5 Å². The smallest absolute Gasteiger partial charge is 0.145 e. The molecular weight excluding hydrogens is 482 g/mol. The van der Waals surface area contributed by atoms with Gasteiger partial charge in [-0.3, -0.25) is 4.90 Å². The molecule has 0 radical (unpaired) electrons. The molecule has 32 heavy (non-hydrogen) atoms. The molecule has 4 aromatic rings. The first-order valence-electron chi connectivity index (χ1n) is 10.4. The standard InChI is InChI=1S/C26H20BrN3OS/c27-20-8-6-19(7-9-20)24-11-10-21(31-24)15-29-26-23(14-28)22-12-13-30(17-25(22)32-26)16-18-4-2-1-3-5-18/h1-11,15H,12-13,16-17H2. The van der Waals surface area contributed by atoms with E-state index < -0.39 is 0 Å². The molecule has 6 heteroatoms. The molecular formula is C26H20BrN3OS. The van der Waals surface area contributed by atoms with E-state index in [9.17, 15) is 5.26 Å². The third-order valence-electron chi connectivity index (χ3n) is 5.54. The summed E-state index contributed by atoms with van der Waals surface area (Å²) in [5, 5.41) is 10.5. The first-order chi connectivity index (χ1) is 15.7. The van der Waals surface area contributed by atoms with Gasteiger partial charge in [0.1, 0.15) is 22.6 Å². The number of nitrogens with zero attached hydrogens (tertiary/aromatic N) is 3. The second-order valence-electron chi connectivity index (χ2n) is 7.71. The number of halogens is 1. The minimum absolute atomic E-state index is 0.670. The largest absolute Gasteiger partial charge is 0.455 e. The van der Waals surface area contributed by atoms with Gasteiger partial charge in [0.2, 0.25) is 0 Å². The van der Waals surface area contributed by atoms with Crippen LogP contribution < -0.4 is 0 Å². The van der Waals surface area contributed by atoms with Crippen molar-refractivity contribution in [3.8, 4) is 17.4 Å². The molecule has 0 bridgehead atoms. The van der Waals surface area contributed by atoms with Crippen LogP contribution in [0.15, 0.2) is 80.6 Å². The highest BCUT2D eigenvalue weighted by molar-refractivity contribution is 9.10. The maximum Gasteiger partial charge on any atom is 0.145 e. The first-order valence-corrected chi connectivity index (χ1v) is 12.0. The molecule has 0 spiro atoms. The summed E-state index contributed by atoms with van der Waals surface area (Å²) in [6.07, 6.45) is 2.59. The molecule has 5 rings (SSSR count). The SMILES string of the molecule is N#Cc1c(N=Cc2ccc(-c3ccc(Br)cc3)o2)sc2c1CCN(Cc1ccccc1)C2. The van der Waals surface area contributed by atoms with E-state index >= 15 is 0 Å². The zero-order valence-electron chi connectivity index (χ0n) is 17.3. The van der Waals surface area contributed by atoms with Gasteiger partial charge in [0, 0.05) is 34.5 Å². The lowest BCUT2D eigenvalue weighted by molar-refractivity contribution is 0.249. The third-order valence-corrected chi connectivity index (χ3v) is 7.20. The summed E-state index contributed by atoms with van der Waals surface area (Å²) in [5.41, 5.74) is 4.19. The Bertz CT molecular complexity index is 1300. The molecule has 0 saturated carbocycles. The number of hydrogen-bond acceptors (Lipinski definition) is 5. The Balaban J connectivity index is 1.34. The lowest BCUT2D eigenvalue weighted by Gasteiger charge is -2.26. The summed E-state index contributed by atoms with van der Waals surface area (Å²) in [7, 11) is 0. The number of thiophene rings is 1. The van der Waals surface area contributed by atoms with Crippen molar-refractivity contribution < 1.29 is 4.42 Å². The van der Waals surface area contributed by atoms with E-state index in [0.29, 0.717) is 11.3 Å². The Labute approximate surface area is 199 Å². The molecule has 0 atom stereocenters. The molecule has 4 nitrogen and oxygen atoms in total. The third kappa shape index (κ3) is 4.46. The minimum Gasteiger partial charge on any atom is -0.455 e. The maximum absolute atomic E-state index is 9.78. The Kier molecular flexibility index (Phi) is 6.04. The summed E-state index contributed by atoms with van der Waals surface area (Å²) < 4.78 is 6.97. The van der Waals surface area contributed by atoms with E-state index in [2.05, 4.69) is 56.2 Å². The van der Waals surface area contributed by atoms with Gasteiger partial charge in [-0.1, -0.05) is 58.4 Å². The fourth-order valence-corrected chi connectivity index (χ4v) is 5.39. The molecule has 2 aromatic heterocycles. The van der Waals surface area contributed by atoms with Crippen molar-refractivity contribution in [3.63, 3.8) is 0 Å². The van der Waals surface area contributed by atoms with Crippen molar-refractivity contribution in [1.29, 1.82) is 5.26 Å². The lowest BCUT2D eigenvalue weighted by Crippen LogP contribution is -2.29. The highest BCUT2D eigenvalue weighted by Gasteiger charge is 2.24. The van der Waals surface area contributed by atoms with E-state index in [0.717, 1.165) is 52.4 Å². The van der Waals surface area contributed by atoms with Gasteiger partial charge in [-0.15, -0.1) is 11.3 Å². The second kappa shape index (κ2) is 9.25. The Morgan fingerprint density at radius 1 is 1.09 bits per heavy atom. The number of rotatable bonds is 5. The van der Waals surface area contributed by atoms with Crippen LogP contribution in [-0.4, -0.2) is 17.7 Å². The number of benzene rings is 2. The van der Waals surface area contributed by atoms with Crippen molar-refractivity contribution in [2.75, 3.05) is 6.54 Å². The molecule has 158 valence electrons. The molecule has 0 amide bonds. The number of fused-ring (bicyclic) bond motifs is 1. The van der Waals surface area contributed by atoms with Crippen LogP contribution >= 0.6 is 27.3 Å². The normalized spacial score (nSPS) is 13.9. The highest BCUT2D eigenvalue weighted by Crippen LogP contribution is 2.38. The second-order valence-corrected chi connectivity index (χ2v) is 9.71. The van der Waals surface area contributed by atoms with Gasteiger partial charge < -0.3 is 4.42 Å². The predicted molar refractivity (Wildman–Crippen MR) is 132 cm³/mol. The van der Waals surface area contributed by atoms with Crippen LogP contribution in [0.1, 0.15) is 27.3 Å². The van der Waals surface area contributed by atoms with Gasteiger partial charge in [0.05, 0.1) is 11.8 Å². The lowest BCUT2D eigenvalue weighted by atomic mass is 10.0. The quantitative estimate of drug-likeness (QED) is 0.278. The van der Waals surface area contributed by atoms with Crippen LogP contribution in [0, 0.1) is 11.3 Å². The number of furan rings is 1. The Hall–Kier alpha value is -2.98. The van der Waals surface area contributed by atoms with Crippen molar-refractivity contribution in [3.05, 3.63) is 98.5 Å². The van der Waals surface area contributed by atoms with E-state index in [4.69, 9.17) is 4.42 Å². The van der Waals surface area contributed by atoms with Gasteiger partial charge >= 0.3 is 0 Å². The van der Waals surface area contributed by atoms with Gasteiger partial charge in [-0.05, 0) is 41.8 Å². The molecule has 0 fully saturated rings. The van der Waals surface area contributed by atoms with Crippen LogP contribution in [0.25, 0.3) is 11.3 Å². The molecule has 1 aliphatic rings. The molecule has 0 saturated heterocycles. The molecule has 3 heterocycles. The average Bonchev–Trinajstić information content (AvgIpc) is 3.43. The van der Waals surface area contributed by atoms with Gasteiger partial charge in [0.25, 0.3) is 0 Å². The zero-order valence-corrected chi connectivity index (χ0v) is 19.7. The molecule has 0 aliphatic carbocycles. The maximum atomic E-state index is 9.78. The van der Waals surface area contributed by atoms with E-state index in [1.54, 1.807) is 17.6 Å². The molecule has 2 aromatic carbocycles. The molecule has 0 N–H and O–H groups in total. The van der Waals surface area contributed by atoms with E-state index in [-0.39, 0.29) is 0 Å². The predicted octanol–water partition coefficient (Wildman–Crippen LogP) is 6.95. The van der Waals surface area contributed by atoms with Crippen LogP contribution in [0.3, 0.4) is 0 Å². The van der Waals surface area contributed by atoms with Crippen LogP contribution in [0.5, 0.6) is 0 Å². The monoisotopic (exact) mass is 501 g/mol. The van der Waals surface area contributed by atoms with Crippen molar-refractivity contribution in [2.24, 2.45) is 4.99 Å². The van der Waals surface area contributed by atoms with Crippen molar-refractivity contribution in [1.82, 2.24) is 4.90 Å². The van der Waals surface area contributed by atoms with Crippen LogP contribution in [-0.2, 0) is 19.5 Å². The molecule has 1 aliphatic heterocycles. The van der Waals surface area contributed by atoms with Crippen LogP contribution in [0.4, 0.5) is 5.00 Å². The van der Waals surface area contributed by atoms with Gasteiger partial charge in [-0.25, -0.2) is 4.99 Å². The van der Waals surface area contributed by atoms with Gasteiger partial charge in [0.15, 0.2) is 0 Å². The van der Waals surface area contributed by atoms with Crippen molar-refractivity contribution in [2.45, 2.75) is 19.5 Å². The Morgan fingerprint density at radius 3 is 2.69 bits per heavy atom. The fraction of sp³-hybridized carbons (Fsp3) is 0.154. The van der Waals surface area contributed by atoms with E-state index in [1.165, 1.54) is 10.4 Å². The van der Waals surface area contributed by atoms with Crippen LogP contribution in [0.2, 0.25) is 0 Å². The summed E-state index contributed by atoms with van der Waals surface area (Å²) in [5.74, 6) is 1.46. The minimum atomic E-state index is 0.670. The topological polar surface area (TPSA) is 52.5 Å². The fourth-order valence-electron chi connectivity index (χ4n) is 3.94. The number of aliphatic imine (C=N–C) groups is 1. The molecule has 0 unspecified atom stereocenters.